The highest BCUT2D eigenvalue weighted by Crippen LogP contribution is 2.17. The van der Waals surface area contributed by atoms with Crippen molar-refractivity contribution < 1.29 is 9.59 Å². The lowest BCUT2D eigenvalue weighted by Gasteiger charge is -2.21. The second kappa shape index (κ2) is 11.9. The molecule has 7 nitrogen and oxygen atoms in total. The number of carbonyl (C=O) groups excluding carboxylic acids is 2. The largest absolute Gasteiger partial charge is 0.357 e. The number of anilines is 1. The van der Waals surface area contributed by atoms with Gasteiger partial charge in [0, 0.05) is 52.4 Å². The van der Waals surface area contributed by atoms with Crippen molar-refractivity contribution in [3.63, 3.8) is 0 Å². The molecule has 1 fully saturated rings. The molecular formula is C24H33N5O2. The molecule has 0 bridgehead atoms. The molecule has 2 heterocycles. The van der Waals surface area contributed by atoms with Crippen LogP contribution in [0.15, 0.2) is 48.7 Å². The van der Waals surface area contributed by atoms with Crippen molar-refractivity contribution in [2.75, 3.05) is 31.6 Å². The number of carbonyl (C=O) groups is 2. The van der Waals surface area contributed by atoms with E-state index in [1.54, 1.807) is 11.9 Å². The number of rotatable bonds is 8. The first kappa shape index (κ1) is 22.6. The van der Waals surface area contributed by atoms with Crippen molar-refractivity contribution in [2.24, 2.45) is 0 Å². The number of hydrogen-bond donors (Lipinski definition) is 2. The summed E-state index contributed by atoms with van der Waals surface area (Å²) in [5, 5.41) is 5.68. The quantitative estimate of drug-likeness (QED) is 0.683. The molecule has 0 atom stereocenters. The molecule has 1 saturated heterocycles. The van der Waals surface area contributed by atoms with Gasteiger partial charge < -0.3 is 20.4 Å². The Kier molecular flexibility index (Phi) is 8.70. The molecule has 0 spiro atoms. The first-order valence-corrected chi connectivity index (χ1v) is 11.1. The van der Waals surface area contributed by atoms with Crippen molar-refractivity contribution in [1.82, 2.24) is 20.5 Å². The Hall–Kier alpha value is -3.09. The zero-order valence-electron chi connectivity index (χ0n) is 18.3. The molecule has 2 N–H and O–H groups in total. The summed E-state index contributed by atoms with van der Waals surface area (Å²) in [6, 6.07) is 13.7. The summed E-state index contributed by atoms with van der Waals surface area (Å²) in [6.07, 6.45) is 7.11. The number of hydrogen-bond acceptors (Lipinski definition) is 4. The van der Waals surface area contributed by atoms with E-state index in [4.69, 9.17) is 0 Å². The molecule has 1 aromatic carbocycles. The molecule has 3 amide bonds. The number of nitrogens with zero attached hydrogens (tertiary/aromatic N) is 3. The minimum Gasteiger partial charge on any atom is -0.357 e. The predicted molar refractivity (Wildman–Crippen MR) is 123 cm³/mol. The van der Waals surface area contributed by atoms with Crippen LogP contribution in [0, 0.1) is 0 Å². The van der Waals surface area contributed by atoms with E-state index in [-0.39, 0.29) is 18.4 Å². The lowest BCUT2D eigenvalue weighted by Crippen LogP contribution is -2.38. The molecule has 1 aliphatic heterocycles. The van der Waals surface area contributed by atoms with Crippen LogP contribution in [-0.4, -0.2) is 48.5 Å². The predicted octanol–water partition coefficient (Wildman–Crippen LogP) is 3.31. The molecule has 166 valence electrons. The van der Waals surface area contributed by atoms with Crippen molar-refractivity contribution in [2.45, 2.75) is 45.2 Å². The maximum atomic E-state index is 12.2. The molecule has 0 radical (unpaired) electrons. The summed E-state index contributed by atoms with van der Waals surface area (Å²) < 4.78 is 0. The molecule has 0 saturated carbocycles. The van der Waals surface area contributed by atoms with Gasteiger partial charge in [-0.3, -0.25) is 4.79 Å². The SMILES string of the molecule is CN(Cc1ccccc1)C(=O)NCCC(=O)NCc1ccc(N2CCCCCC2)nc1. The molecule has 3 rings (SSSR count). The van der Waals surface area contributed by atoms with E-state index in [1.807, 2.05) is 48.7 Å². The van der Waals surface area contributed by atoms with Gasteiger partial charge in [0.2, 0.25) is 5.91 Å². The van der Waals surface area contributed by atoms with Crippen LogP contribution in [-0.2, 0) is 17.9 Å². The summed E-state index contributed by atoms with van der Waals surface area (Å²) in [7, 11) is 1.74. The van der Waals surface area contributed by atoms with Crippen molar-refractivity contribution in [1.29, 1.82) is 0 Å². The van der Waals surface area contributed by atoms with Gasteiger partial charge in [0.05, 0.1) is 0 Å². The first-order chi connectivity index (χ1) is 15.1. The van der Waals surface area contributed by atoms with Crippen LogP contribution >= 0.6 is 0 Å². The van der Waals surface area contributed by atoms with Crippen LogP contribution in [0.1, 0.15) is 43.2 Å². The summed E-state index contributed by atoms with van der Waals surface area (Å²) >= 11 is 0. The van der Waals surface area contributed by atoms with Gasteiger partial charge in [0.1, 0.15) is 5.82 Å². The number of benzene rings is 1. The maximum Gasteiger partial charge on any atom is 0.317 e. The molecule has 1 aliphatic rings. The Labute approximate surface area is 184 Å². The minimum absolute atomic E-state index is 0.0948. The fraction of sp³-hybridized carbons (Fsp3) is 0.458. The monoisotopic (exact) mass is 423 g/mol. The van der Waals surface area contributed by atoms with Crippen LogP contribution in [0.5, 0.6) is 0 Å². The number of urea groups is 1. The number of pyridine rings is 1. The van der Waals surface area contributed by atoms with Gasteiger partial charge in [-0.1, -0.05) is 49.2 Å². The first-order valence-electron chi connectivity index (χ1n) is 11.1. The van der Waals surface area contributed by atoms with E-state index in [0.717, 1.165) is 30.0 Å². The maximum absolute atomic E-state index is 12.2. The summed E-state index contributed by atoms with van der Waals surface area (Å²) in [5.74, 6) is 0.918. The van der Waals surface area contributed by atoms with Crippen LogP contribution < -0.4 is 15.5 Å². The second-order valence-corrected chi connectivity index (χ2v) is 8.03. The Morgan fingerprint density at radius 3 is 2.39 bits per heavy atom. The normalized spacial score (nSPS) is 13.9. The van der Waals surface area contributed by atoms with Crippen molar-refractivity contribution in [3.8, 4) is 0 Å². The Bertz CT molecular complexity index is 818. The fourth-order valence-corrected chi connectivity index (χ4v) is 3.64. The summed E-state index contributed by atoms with van der Waals surface area (Å²) in [6.45, 7) is 3.40. The van der Waals surface area contributed by atoms with Crippen LogP contribution in [0.25, 0.3) is 0 Å². The smallest absolute Gasteiger partial charge is 0.317 e. The van der Waals surface area contributed by atoms with E-state index in [2.05, 4.69) is 20.5 Å². The molecule has 0 unspecified atom stereocenters. The average Bonchev–Trinajstić information content (AvgIpc) is 3.08. The minimum atomic E-state index is -0.190. The highest BCUT2D eigenvalue weighted by atomic mass is 16.2. The standard InChI is InChI=1S/C24H33N5O2/c1-28(19-20-9-5-4-6-10-20)24(31)25-14-13-23(30)27-18-21-11-12-22(26-17-21)29-15-7-2-3-8-16-29/h4-6,9-12,17H,2-3,7-8,13-16,18-19H2,1H3,(H,25,31)(H,27,30). The Balaban J connectivity index is 1.34. The van der Waals surface area contributed by atoms with Gasteiger partial charge in [-0.15, -0.1) is 0 Å². The van der Waals surface area contributed by atoms with Crippen LogP contribution in [0.4, 0.5) is 10.6 Å². The number of aromatic nitrogens is 1. The van der Waals surface area contributed by atoms with E-state index in [1.165, 1.54) is 25.7 Å². The van der Waals surface area contributed by atoms with Crippen LogP contribution in [0.2, 0.25) is 0 Å². The zero-order valence-corrected chi connectivity index (χ0v) is 18.3. The van der Waals surface area contributed by atoms with E-state index < -0.39 is 0 Å². The van der Waals surface area contributed by atoms with Gasteiger partial charge >= 0.3 is 6.03 Å². The fourth-order valence-electron chi connectivity index (χ4n) is 3.64. The molecule has 7 heteroatoms. The average molecular weight is 424 g/mol. The van der Waals surface area contributed by atoms with E-state index in [0.29, 0.717) is 19.6 Å². The highest BCUT2D eigenvalue weighted by Gasteiger charge is 2.12. The van der Waals surface area contributed by atoms with Gasteiger partial charge in [0.25, 0.3) is 0 Å². The van der Waals surface area contributed by atoms with Crippen LogP contribution in [0.3, 0.4) is 0 Å². The molecule has 2 aromatic rings. The van der Waals surface area contributed by atoms with Crippen molar-refractivity contribution in [3.05, 3.63) is 59.8 Å². The Morgan fingerprint density at radius 1 is 0.968 bits per heavy atom. The lowest BCUT2D eigenvalue weighted by molar-refractivity contribution is -0.121. The highest BCUT2D eigenvalue weighted by molar-refractivity contribution is 5.78. The lowest BCUT2D eigenvalue weighted by atomic mass is 10.2. The van der Waals surface area contributed by atoms with Crippen molar-refractivity contribution >= 4 is 17.8 Å². The third kappa shape index (κ3) is 7.59. The Morgan fingerprint density at radius 2 is 1.71 bits per heavy atom. The van der Waals surface area contributed by atoms with E-state index in [9.17, 15) is 9.59 Å². The zero-order chi connectivity index (χ0) is 21.9. The molecular weight excluding hydrogens is 390 g/mol. The number of amides is 3. The van der Waals surface area contributed by atoms with Gasteiger partial charge in [-0.05, 0) is 30.0 Å². The number of nitrogens with one attached hydrogen (secondary N) is 2. The second-order valence-electron chi connectivity index (χ2n) is 8.03. The molecule has 0 aliphatic carbocycles. The summed E-state index contributed by atoms with van der Waals surface area (Å²) in [4.78, 5) is 32.8. The topological polar surface area (TPSA) is 77.6 Å². The van der Waals surface area contributed by atoms with Gasteiger partial charge in [-0.25, -0.2) is 9.78 Å². The van der Waals surface area contributed by atoms with E-state index >= 15 is 0 Å². The van der Waals surface area contributed by atoms with Gasteiger partial charge in [0.15, 0.2) is 0 Å². The summed E-state index contributed by atoms with van der Waals surface area (Å²) in [5.41, 5.74) is 2.03. The third-order valence-electron chi connectivity index (χ3n) is 5.47. The molecule has 1 aromatic heterocycles. The van der Waals surface area contributed by atoms with Gasteiger partial charge in [-0.2, -0.15) is 0 Å². The molecule has 31 heavy (non-hydrogen) atoms. The third-order valence-corrected chi connectivity index (χ3v) is 5.47.